The lowest BCUT2D eigenvalue weighted by Crippen LogP contribution is -2.39. The van der Waals surface area contributed by atoms with Gasteiger partial charge in [-0.3, -0.25) is 14.7 Å². The minimum Gasteiger partial charge on any atom is -0.376 e. The number of hydrogen-bond acceptors (Lipinski definition) is 5. The Morgan fingerprint density at radius 1 is 1.17 bits per heavy atom. The van der Waals surface area contributed by atoms with Crippen LogP contribution in [-0.4, -0.2) is 72.4 Å². The van der Waals surface area contributed by atoms with Crippen LogP contribution in [0.2, 0.25) is 0 Å². The number of rotatable bonds is 9. The highest BCUT2D eigenvalue weighted by Crippen LogP contribution is 2.26. The van der Waals surface area contributed by atoms with Gasteiger partial charge in [-0.1, -0.05) is 25.1 Å². The number of anilines is 1. The van der Waals surface area contributed by atoms with Crippen molar-refractivity contribution in [3.63, 3.8) is 0 Å². The first-order valence-electron chi connectivity index (χ1n) is 10.9. The molecule has 1 aliphatic rings. The van der Waals surface area contributed by atoms with E-state index in [4.69, 9.17) is 0 Å². The van der Waals surface area contributed by atoms with Crippen molar-refractivity contribution in [1.82, 2.24) is 19.7 Å². The molecule has 1 aromatic carbocycles. The van der Waals surface area contributed by atoms with Gasteiger partial charge in [0.2, 0.25) is 5.91 Å². The number of nitrogens with zero attached hydrogens (tertiary/aromatic N) is 4. The summed E-state index contributed by atoms with van der Waals surface area (Å²) in [5.41, 5.74) is 5.71. The third-order valence-electron chi connectivity index (χ3n) is 5.70. The maximum absolute atomic E-state index is 13.1. The molecule has 162 valence electrons. The lowest BCUT2D eigenvalue weighted by Gasteiger charge is -2.30. The molecule has 6 heteroatoms. The number of carbonyl (C=O) groups excluding carboxylic acids is 1. The van der Waals surface area contributed by atoms with Gasteiger partial charge in [0.05, 0.1) is 18.8 Å². The van der Waals surface area contributed by atoms with Crippen molar-refractivity contribution in [3.05, 3.63) is 58.9 Å². The van der Waals surface area contributed by atoms with Crippen LogP contribution in [0.15, 0.2) is 36.4 Å². The third kappa shape index (κ3) is 6.03. The molecule has 3 rings (SSSR count). The second-order valence-electron chi connectivity index (χ2n) is 8.30. The number of pyridine rings is 1. The summed E-state index contributed by atoms with van der Waals surface area (Å²) in [6.07, 6.45) is 1.07. The Bertz CT molecular complexity index is 851. The van der Waals surface area contributed by atoms with E-state index in [9.17, 15) is 4.79 Å². The first-order valence-corrected chi connectivity index (χ1v) is 10.9. The van der Waals surface area contributed by atoms with Crippen molar-refractivity contribution in [1.29, 1.82) is 0 Å². The van der Waals surface area contributed by atoms with Crippen LogP contribution in [-0.2, 0) is 24.3 Å². The van der Waals surface area contributed by atoms with E-state index < -0.39 is 0 Å². The van der Waals surface area contributed by atoms with Crippen molar-refractivity contribution in [2.24, 2.45) is 0 Å². The van der Waals surface area contributed by atoms with Crippen LogP contribution in [0, 0.1) is 6.92 Å². The summed E-state index contributed by atoms with van der Waals surface area (Å²) in [6.45, 7) is 9.61. The summed E-state index contributed by atoms with van der Waals surface area (Å²) in [4.78, 5) is 24.1. The minimum absolute atomic E-state index is 0.0981. The van der Waals surface area contributed by atoms with Gasteiger partial charge in [-0.25, -0.2) is 0 Å². The predicted octanol–water partition coefficient (Wildman–Crippen LogP) is 2.77. The molecule has 1 aliphatic heterocycles. The van der Waals surface area contributed by atoms with E-state index >= 15 is 0 Å². The number of aromatic nitrogens is 1. The van der Waals surface area contributed by atoms with Gasteiger partial charge in [0, 0.05) is 37.6 Å². The summed E-state index contributed by atoms with van der Waals surface area (Å²) in [5, 5.41) is 3.43. The van der Waals surface area contributed by atoms with E-state index in [1.54, 1.807) is 0 Å². The molecule has 0 atom stereocenters. The van der Waals surface area contributed by atoms with Gasteiger partial charge < -0.3 is 15.1 Å². The molecule has 0 radical (unpaired) electrons. The number of fused-ring (bicyclic) bond motifs is 1. The molecule has 1 amide bonds. The molecular formula is C24H35N5O. The molecule has 30 heavy (non-hydrogen) atoms. The van der Waals surface area contributed by atoms with Gasteiger partial charge in [-0.2, -0.15) is 0 Å². The van der Waals surface area contributed by atoms with Crippen molar-refractivity contribution in [2.45, 2.75) is 33.4 Å². The fourth-order valence-corrected chi connectivity index (χ4v) is 3.85. The Morgan fingerprint density at radius 3 is 2.70 bits per heavy atom. The van der Waals surface area contributed by atoms with Crippen molar-refractivity contribution < 1.29 is 4.79 Å². The molecule has 0 saturated heterocycles. The highest BCUT2D eigenvalue weighted by atomic mass is 16.2. The van der Waals surface area contributed by atoms with Crippen LogP contribution in [0.3, 0.4) is 0 Å². The quantitative estimate of drug-likeness (QED) is 0.690. The van der Waals surface area contributed by atoms with Gasteiger partial charge in [0.1, 0.15) is 0 Å². The van der Waals surface area contributed by atoms with Crippen LogP contribution < -0.4 is 5.32 Å². The zero-order valence-electron chi connectivity index (χ0n) is 18.8. The standard InChI is InChI=1S/C24H35N5O/c1-5-28-13-12-20-9-7-11-23(22(20)18-28)25-16-24(30)29(15-14-27(3)4)17-21-10-6-8-19(2)26-21/h6-11,25H,5,12-18H2,1-4H3. The molecule has 0 unspecified atom stereocenters. The van der Waals surface area contributed by atoms with Crippen molar-refractivity contribution in [2.75, 3.05) is 52.1 Å². The van der Waals surface area contributed by atoms with Crippen molar-refractivity contribution in [3.8, 4) is 0 Å². The lowest BCUT2D eigenvalue weighted by molar-refractivity contribution is -0.130. The van der Waals surface area contributed by atoms with Crippen LogP contribution >= 0.6 is 0 Å². The highest BCUT2D eigenvalue weighted by Gasteiger charge is 2.19. The van der Waals surface area contributed by atoms with Gasteiger partial charge in [-0.05, 0) is 63.3 Å². The Morgan fingerprint density at radius 2 is 1.97 bits per heavy atom. The van der Waals surface area contributed by atoms with E-state index in [2.05, 4.69) is 45.2 Å². The average molecular weight is 410 g/mol. The Hall–Kier alpha value is -2.44. The number of carbonyl (C=O) groups is 1. The van der Waals surface area contributed by atoms with E-state index in [0.29, 0.717) is 19.6 Å². The van der Waals surface area contributed by atoms with E-state index in [1.807, 2.05) is 44.1 Å². The predicted molar refractivity (Wildman–Crippen MR) is 123 cm³/mol. The second-order valence-corrected chi connectivity index (χ2v) is 8.30. The number of likely N-dealkylation sites (N-methyl/N-ethyl adjacent to an activating group) is 2. The Balaban J connectivity index is 1.68. The highest BCUT2D eigenvalue weighted by molar-refractivity contribution is 5.81. The van der Waals surface area contributed by atoms with Gasteiger partial charge >= 0.3 is 0 Å². The fourth-order valence-electron chi connectivity index (χ4n) is 3.85. The molecule has 0 spiro atoms. The summed E-state index contributed by atoms with van der Waals surface area (Å²) >= 11 is 0. The first kappa shape index (κ1) is 22.2. The maximum Gasteiger partial charge on any atom is 0.242 e. The van der Waals surface area contributed by atoms with Crippen LogP contribution in [0.1, 0.15) is 29.4 Å². The second kappa shape index (κ2) is 10.5. The zero-order valence-corrected chi connectivity index (χ0v) is 18.8. The molecule has 6 nitrogen and oxygen atoms in total. The van der Waals surface area contributed by atoms with Crippen LogP contribution in [0.4, 0.5) is 5.69 Å². The fraction of sp³-hybridized carbons (Fsp3) is 0.500. The molecule has 0 saturated carbocycles. The number of aryl methyl sites for hydroxylation is 1. The summed E-state index contributed by atoms with van der Waals surface area (Å²) in [7, 11) is 4.06. The monoisotopic (exact) mass is 409 g/mol. The molecular weight excluding hydrogens is 374 g/mol. The van der Waals surface area contributed by atoms with Crippen LogP contribution in [0.5, 0.6) is 0 Å². The van der Waals surface area contributed by atoms with E-state index in [1.165, 1.54) is 11.1 Å². The topological polar surface area (TPSA) is 51.7 Å². The zero-order chi connectivity index (χ0) is 21.5. The molecule has 0 bridgehead atoms. The molecule has 2 aromatic rings. The summed E-state index contributed by atoms with van der Waals surface area (Å²) in [6, 6.07) is 12.4. The number of nitrogens with one attached hydrogen (secondary N) is 1. The van der Waals surface area contributed by atoms with Crippen LogP contribution in [0.25, 0.3) is 0 Å². The van der Waals surface area contributed by atoms with Gasteiger partial charge in [-0.15, -0.1) is 0 Å². The largest absolute Gasteiger partial charge is 0.376 e. The number of benzene rings is 1. The number of amides is 1. The van der Waals surface area contributed by atoms with Gasteiger partial charge in [0.25, 0.3) is 0 Å². The Labute approximate surface area is 180 Å². The maximum atomic E-state index is 13.1. The summed E-state index contributed by atoms with van der Waals surface area (Å²) in [5.74, 6) is 0.0981. The SMILES string of the molecule is CCN1CCc2cccc(NCC(=O)N(CCN(C)C)Cc3cccc(C)n3)c2C1. The van der Waals surface area contributed by atoms with E-state index in [0.717, 1.165) is 49.7 Å². The molecule has 1 N–H and O–H groups in total. The van der Waals surface area contributed by atoms with Crippen molar-refractivity contribution >= 4 is 11.6 Å². The smallest absolute Gasteiger partial charge is 0.242 e. The van der Waals surface area contributed by atoms with E-state index in [-0.39, 0.29) is 5.91 Å². The summed E-state index contributed by atoms with van der Waals surface area (Å²) < 4.78 is 0. The minimum atomic E-state index is 0.0981. The van der Waals surface area contributed by atoms with Gasteiger partial charge in [0.15, 0.2) is 0 Å². The Kier molecular flexibility index (Phi) is 7.82. The molecule has 0 aliphatic carbocycles. The molecule has 1 aromatic heterocycles. The molecule has 0 fully saturated rings. The lowest BCUT2D eigenvalue weighted by atomic mass is 9.98. The molecule has 2 heterocycles. The third-order valence-corrected chi connectivity index (χ3v) is 5.70. The number of hydrogen-bond donors (Lipinski definition) is 1. The normalized spacial score (nSPS) is 13.9. The first-order chi connectivity index (χ1) is 14.5. The average Bonchev–Trinajstić information content (AvgIpc) is 2.74.